The number of carbonyl (C=O) groups excluding carboxylic acids is 1. The van der Waals surface area contributed by atoms with Gasteiger partial charge >= 0.3 is 0 Å². The molecular weight excluding hydrogens is 380 g/mol. The number of nitrogens with zero attached hydrogens (tertiary/aromatic N) is 3. The van der Waals surface area contributed by atoms with Crippen molar-refractivity contribution >= 4 is 5.91 Å². The minimum atomic E-state index is -0.318. The molecule has 7 heteroatoms. The summed E-state index contributed by atoms with van der Waals surface area (Å²) in [6.45, 7) is 9.04. The fourth-order valence-corrected chi connectivity index (χ4v) is 4.36. The number of hydrogen-bond acceptors (Lipinski definition) is 5. The van der Waals surface area contributed by atoms with Gasteiger partial charge in [-0.3, -0.25) is 4.79 Å². The van der Waals surface area contributed by atoms with Crippen LogP contribution in [-0.2, 0) is 9.53 Å². The highest BCUT2D eigenvalue weighted by Gasteiger charge is 2.37. The highest BCUT2D eigenvalue weighted by Crippen LogP contribution is 2.36. The molecule has 158 valence electrons. The molecule has 0 spiro atoms. The van der Waals surface area contributed by atoms with Crippen molar-refractivity contribution in [2.24, 2.45) is 5.92 Å². The summed E-state index contributed by atoms with van der Waals surface area (Å²) in [4.78, 5) is 13.0. The van der Waals surface area contributed by atoms with Crippen molar-refractivity contribution in [2.45, 2.75) is 46.1 Å². The van der Waals surface area contributed by atoms with Gasteiger partial charge in [0.05, 0.1) is 23.0 Å². The Morgan fingerprint density at radius 1 is 1.27 bits per heavy atom. The number of aryl methyl sites for hydroxylation is 3. The Balaban J connectivity index is 1.49. The lowest BCUT2D eigenvalue weighted by Gasteiger charge is -2.21. The number of para-hydroxylation sites is 1. The maximum absolute atomic E-state index is 13.0. The number of nitrogens with one attached hydrogen (secondary N) is 1. The van der Waals surface area contributed by atoms with E-state index in [9.17, 15) is 4.79 Å². The van der Waals surface area contributed by atoms with Gasteiger partial charge in [-0.05, 0) is 44.9 Å². The van der Waals surface area contributed by atoms with Gasteiger partial charge in [-0.1, -0.05) is 30.3 Å². The summed E-state index contributed by atoms with van der Waals surface area (Å²) in [5.41, 5.74) is 4.96. The summed E-state index contributed by atoms with van der Waals surface area (Å²) in [7, 11) is 0. The molecule has 1 saturated heterocycles. The quantitative estimate of drug-likeness (QED) is 0.671. The van der Waals surface area contributed by atoms with Crippen LogP contribution in [0.3, 0.4) is 0 Å². The number of carbonyl (C=O) groups is 1. The topological polar surface area (TPSA) is 82.2 Å². The van der Waals surface area contributed by atoms with Gasteiger partial charge in [-0.25, -0.2) is 4.68 Å². The highest BCUT2D eigenvalue weighted by atomic mass is 16.5. The van der Waals surface area contributed by atoms with Crippen molar-refractivity contribution in [3.8, 4) is 5.69 Å². The van der Waals surface area contributed by atoms with Gasteiger partial charge in [0.25, 0.3) is 0 Å². The average Bonchev–Trinajstić information content (AvgIpc) is 3.46. The van der Waals surface area contributed by atoms with Crippen LogP contribution in [0.4, 0.5) is 0 Å². The Morgan fingerprint density at radius 2 is 2.07 bits per heavy atom. The molecule has 1 N–H and O–H groups in total. The van der Waals surface area contributed by atoms with E-state index in [-0.39, 0.29) is 23.8 Å². The molecule has 1 aliphatic rings. The molecule has 3 aromatic rings. The van der Waals surface area contributed by atoms with Crippen molar-refractivity contribution in [1.82, 2.24) is 20.3 Å². The van der Waals surface area contributed by atoms with E-state index in [1.165, 1.54) is 0 Å². The van der Waals surface area contributed by atoms with Gasteiger partial charge in [0, 0.05) is 30.8 Å². The Bertz CT molecular complexity index is 1020. The first-order valence-electron chi connectivity index (χ1n) is 10.4. The van der Waals surface area contributed by atoms with Crippen LogP contribution in [0.25, 0.3) is 5.69 Å². The zero-order chi connectivity index (χ0) is 21.3. The minimum absolute atomic E-state index is 0.00800. The second kappa shape index (κ2) is 8.44. The van der Waals surface area contributed by atoms with Crippen LogP contribution < -0.4 is 5.32 Å². The van der Waals surface area contributed by atoms with Gasteiger partial charge < -0.3 is 14.6 Å². The monoisotopic (exact) mass is 408 g/mol. The van der Waals surface area contributed by atoms with Crippen LogP contribution in [0.5, 0.6) is 0 Å². The van der Waals surface area contributed by atoms with Crippen molar-refractivity contribution in [3.05, 3.63) is 64.8 Å². The smallest absolute Gasteiger partial charge is 0.226 e. The number of aromatic nitrogens is 3. The molecule has 1 amide bonds. The van der Waals surface area contributed by atoms with Crippen molar-refractivity contribution < 1.29 is 14.1 Å². The molecular formula is C23H28N4O3. The van der Waals surface area contributed by atoms with Gasteiger partial charge in [0.1, 0.15) is 11.9 Å². The highest BCUT2D eigenvalue weighted by molar-refractivity contribution is 5.79. The first-order chi connectivity index (χ1) is 14.5. The van der Waals surface area contributed by atoms with Crippen LogP contribution in [-0.4, -0.2) is 34.0 Å². The molecule has 0 saturated carbocycles. The van der Waals surface area contributed by atoms with Crippen LogP contribution in [0.1, 0.15) is 53.6 Å². The number of rotatable bonds is 6. The second-order valence-corrected chi connectivity index (χ2v) is 8.02. The number of ether oxygens (including phenoxy) is 1. The Kier molecular flexibility index (Phi) is 5.72. The molecule has 3 heterocycles. The van der Waals surface area contributed by atoms with E-state index in [0.717, 1.165) is 34.0 Å². The van der Waals surface area contributed by atoms with E-state index >= 15 is 0 Å². The number of amides is 1. The fourth-order valence-electron chi connectivity index (χ4n) is 4.36. The Morgan fingerprint density at radius 3 is 2.80 bits per heavy atom. The molecule has 2 aromatic heterocycles. The van der Waals surface area contributed by atoms with Crippen LogP contribution >= 0.6 is 0 Å². The van der Waals surface area contributed by atoms with E-state index in [2.05, 4.69) is 35.5 Å². The van der Waals surface area contributed by atoms with E-state index in [1.54, 1.807) is 6.20 Å². The lowest BCUT2D eigenvalue weighted by molar-refractivity contribution is -0.126. The van der Waals surface area contributed by atoms with Gasteiger partial charge in [0.15, 0.2) is 0 Å². The van der Waals surface area contributed by atoms with E-state index in [4.69, 9.17) is 9.26 Å². The van der Waals surface area contributed by atoms with Crippen LogP contribution in [0.2, 0.25) is 0 Å². The molecule has 0 bridgehead atoms. The van der Waals surface area contributed by atoms with Gasteiger partial charge in [-0.15, -0.1) is 0 Å². The summed E-state index contributed by atoms with van der Waals surface area (Å²) in [5, 5.41) is 11.6. The number of benzene rings is 1. The van der Waals surface area contributed by atoms with E-state index in [0.29, 0.717) is 19.6 Å². The first-order valence-corrected chi connectivity index (χ1v) is 10.4. The van der Waals surface area contributed by atoms with Gasteiger partial charge in [0.2, 0.25) is 5.91 Å². The molecule has 4 rings (SSSR count). The Labute approximate surface area is 176 Å². The lowest BCUT2D eigenvalue weighted by Crippen LogP contribution is -2.35. The van der Waals surface area contributed by atoms with Crippen LogP contribution in [0, 0.1) is 26.7 Å². The Hall–Kier alpha value is -2.93. The summed E-state index contributed by atoms with van der Waals surface area (Å²) in [6, 6.07) is 10.0. The molecule has 0 aliphatic carbocycles. The van der Waals surface area contributed by atoms with Crippen molar-refractivity contribution in [2.75, 3.05) is 13.2 Å². The average molecular weight is 409 g/mol. The minimum Gasteiger partial charge on any atom is -0.371 e. The standard InChI is InChI=1S/C23H28N4O3/c1-14-7-5-6-8-19(14)27-20(9-11-25-27)22-18(10-12-29-22)23(28)24-13-15(2)21-16(3)26-30-17(21)4/h5-9,11,15,18,22H,10,12-13H2,1-4H3,(H,24,28)/t15-,18+,22+/m1/s1. The zero-order valence-electron chi connectivity index (χ0n) is 17.9. The van der Waals surface area contributed by atoms with Crippen molar-refractivity contribution in [1.29, 1.82) is 0 Å². The lowest BCUT2D eigenvalue weighted by atomic mass is 9.96. The number of hydrogen-bond donors (Lipinski definition) is 1. The third-order valence-electron chi connectivity index (χ3n) is 5.90. The molecule has 1 fully saturated rings. The largest absolute Gasteiger partial charge is 0.371 e. The summed E-state index contributed by atoms with van der Waals surface area (Å²) >= 11 is 0. The van der Waals surface area contributed by atoms with Gasteiger partial charge in [-0.2, -0.15) is 5.10 Å². The molecule has 7 nitrogen and oxygen atoms in total. The molecule has 3 atom stereocenters. The molecule has 1 aromatic carbocycles. The third-order valence-corrected chi connectivity index (χ3v) is 5.90. The maximum atomic E-state index is 13.0. The zero-order valence-corrected chi connectivity index (χ0v) is 17.9. The predicted octanol–water partition coefficient (Wildman–Crippen LogP) is 3.78. The molecule has 0 unspecified atom stereocenters. The summed E-state index contributed by atoms with van der Waals surface area (Å²) in [5.74, 6) is 0.687. The van der Waals surface area contributed by atoms with Crippen LogP contribution in [0.15, 0.2) is 41.1 Å². The van der Waals surface area contributed by atoms with E-state index < -0.39 is 0 Å². The van der Waals surface area contributed by atoms with E-state index in [1.807, 2.05) is 42.8 Å². The molecule has 30 heavy (non-hydrogen) atoms. The SMILES string of the molecule is Cc1ccccc1-n1nccc1[C@H]1OCC[C@@H]1C(=O)NC[C@@H](C)c1c(C)noc1C. The predicted molar refractivity (Wildman–Crippen MR) is 113 cm³/mol. The van der Waals surface area contributed by atoms with Crippen molar-refractivity contribution in [3.63, 3.8) is 0 Å². The normalized spacial score (nSPS) is 19.7. The maximum Gasteiger partial charge on any atom is 0.226 e. The first kappa shape index (κ1) is 20.3. The molecule has 0 radical (unpaired) electrons. The fraction of sp³-hybridized carbons (Fsp3) is 0.435. The third kappa shape index (κ3) is 3.77. The summed E-state index contributed by atoms with van der Waals surface area (Å²) in [6.07, 6.45) is 2.13. The summed E-state index contributed by atoms with van der Waals surface area (Å²) < 4.78 is 13.2. The second-order valence-electron chi connectivity index (χ2n) is 8.02. The molecule has 1 aliphatic heterocycles.